The van der Waals surface area contributed by atoms with Crippen molar-refractivity contribution in [1.82, 2.24) is 25.6 Å². The second-order valence-corrected chi connectivity index (χ2v) is 14.1. The van der Waals surface area contributed by atoms with E-state index in [-0.39, 0.29) is 35.4 Å². The predicted octanol–water partition coefficient (Wildman–Crippen LogP) is 7.29. The standard InChI is InChI=1S/C37H53N5O3/c1-7-36(3,4)22-23-38-35(44)29-18-20-30(21-19-29)42-31-12-10-9-11-13-32(34(31)40-41-42)45-26-33(43)39-25-28-16-14-27(15-17-28)24-37(5,6)8-2/h14-21,32H,7-13,22-26H2,1-6H3,(H,38,44)(H,39,43). The lowest BCUT2D eigenvalue weighted by Crippen LogP contribution is -2.28. The molecule has 45 heavy (non-hydrogen) atoms. The summed E-state index contributed by atoms with van der Waals surface area (Å²) in [5.41, 5.74) is 6.17. The zero-order valence-corrected chi connectivity index (χ0v) is 28.2. The van der Waals surface area contributed by atoms with Crippen LogP contribution in [-0.4, -0.2) is 40.0 Å². The van der Waals surface area contributed by atoms with E-state index in [0.29, 0.717) is 18.7 Å². The third-order valence-electron chi connectivity index (χ3n) is 9.46. The largest absolute Gasteiger partial charge is 0.362 e. The quantitative estimate of drug-likeness (QED) is 0.198. The molecule has 244 valence electrons. The number of carbonyl (C=O) groups is 2. The maximum atomic E-state index is 12.8. The highest BCUT2D eigenvalue weighted by molar-refractivity contribution is 5.94. The summed E-state index contributed by atoms with van der Waals surface area (Å²) in [4.78, 5) is 25.5. The van der Waals surface area contributed by atoms with E-state index in [1.165, 1.54) is 5.56 Å². The van der Waals surface area contributed by atoms with E-state index in [2.05, 4.69) is 86.8 Å². The van der Waals surface area contributed by atoms with E-state index in [0.717, 1.165) is 80.4 Å². The Bertz CT molecular complexity index is 1390. The fourth-order valence-corrected chi connectivity index (χ4v) is 5.53. The van der Waals surface area contributed by atoms with Crippen molar-refractivity contribution >= 4 is 11.8 Å². The van der Waals surface area contributed by atoms with Gasteiger partial charge in [-0.25, -0.2) is 4.68 Å². The fourth-order valence-electron chi connectivity index (χ4n) is 5.53. The first-order valence-corrected chi connectivity index (χ1v) is 16.8. The van der Waals surface area contributed by atoms with Gasteiger partial charge in [0, 0.05) is 18.7 Å². The number of benzene rings is 2. The highest BCUT2D eigenvalue weighted by atomic mass is 16.5. The van der Waals surface area contributed by atoms with Gasteiger partial charge in [-0.05, 0) is 78.3 Å². The number of amides is 2. The molecule has 0 spiro atoms. The Morgan fingerprint density at radius 1 is 0.889 bits per heavy atom. The molecule has 8 nitrogen and oxygen atoms in total. The Kier molecular flexibility index (Phi) is 12.0. The summed E-state index contributed by atoms with van der Waals surface area (Å²) in [6, 6.07) is 16.0. The van der Waals surface area contributed by atoms with Crippen molar-refractivity contribution < 1.29 is 14.3 Å². The molecule has 0 saturated carbocycles. The van der Waals surface area contributed by atoms with Gasteiger partial charge in [0.15, 0.2) is 0 Å². The van der Waals surface area contributed by atoms with Crippen molar-refractivity contribution in [3.8, 4) is 5.69 Å². The molecule has 2 amide bonds. The lowest BCUT2D eigenvalue weighted by Gasteiger charge is -2.22. The Labute approximate surface area is 269 Å². The van der Waals surface area contributed by atoms with Gasteiger partial charge in [0.1, 0.15) is 18.4 Å². The molecule has 2 aromatic carbocycles. The van der Waals surface area contributed by atoms with Crippen molar-refractivity contribution in [2.45, 2.75) is 112 Å². The second-order valence-electron chi connectivity index (χ2n) is 14.1. The number of nitrogens with one attached hydrogen (secondary N) is 2. The zero-order chi connectivity index (χ0) is 32.5. The van der Waals surface area contributed by atoms with Crippen molar-refractivity contribution in [2.24, 2.45) is 10.8 Å². The van der Waals surface area contributed by atoms with Gasteiger partial charge in [0.2, 0.25) is 5.91 Å². The lowest BCUT2D eigenvalue weighted by atomic mass is 9.83. The first-order valence-electron chi connectivity index (χ1n) is 16.8. The molecule has 0 fully saturated rings. The van der Waals surface area contributed by atoms with Crippen LogP contribution in [0.3, 0.4) is 0 Å². The van der Waals surface area contributed by atoms with Crippen LogP contribution >= 0.6 is 0 Å². The molecule has 0 bridgehead atoms. The molecule has 4 rings (SSSR count). The summed E-state index contributed by atoms with van der Waals surface area (Å²) >= 11 is 0. The Morgan fingerprint density at radius 3 is 2.27 bits per heavy atom. The monoisotopic (exact) mass is 615 g/mol. The number of hydrogen-bond donors (Lipinski definition) is 2. The Balaban J connectivity index is 1.33. The molecule has 1 aliphatic carbocycles. The summed E-state index contributed by atoms with van der Waals surface area (Å²) in [6.07, 6.45) is 8.65. The smallest absolute Gasteiger partial charge is 0.251 e. The first kappa shape index (κ1) is 34.4. The number of aromatic nitrogens is 3. The van der Waals surface area contributed by atoms with Crippen LogP contribution in [0.15, 0.2) is 48.5 Å². The normalized spacial score (nSPS) is 15.6. The van der Waals surface area contributed by atoms with Crippen LogP contribution in [0.5, 0.6) is 0 Å². The topological polar surface area (TPSA) is 98.1 Å². The minimum atomic E-state index is -0.293. The minimum Gasteiger partial charge on any atom is -0.362 e. The number of nitrogens with zero attached hydrogens (tertiary/aromatic N) is 3. The molecule has 1 aliphatic rings. The molecule has 1 atom stereocenters. The van der Waals surface area contributed by atoms with Gasteiger partial charge >= 0.3 is 0 Å². The van der Waals surface area contributed by atoms with Crippen LogP contribution in [0.1, 0.15) is 125 Å². The summed E-state index contributed by atoms with van der Waals surface area (Å²) < 4.78 is 8.02. The number of rotatable bonds is 14. The summed E-state index contributed by atoms with van der Waals surface area (Å²) in [6.45, 7) is 14.5. The van der Waals surface area contributed by atoms with Crippen molar-refractivity contribution in [1.29, 1.82) is 0 Å². The Hall–Kier alpha value is -3.52. The molecule has 0 radical (unpaired) electrons. The van der Waals surface area contributed by atoms with Gasteiger partial charge in [-0.2, -0.15) is 0 Å². The minimum absolute atomic E-state index is 0.0288. The number of fused-ring (bicyclic) bond motifs is 1. The van der Waals surface area contributed by atoms with E-state index in [9.17, 15) is 9.59 Å². The van der Waals surface area contributed by atoms with Gasteiger partial charge in [0.05, 0.1) is 11.4 Å². The van der Waals surface area contributed by atoms with Crippen LogP contribution in [-0.2, 0) is 28.9 Å². The average molecular weight is 616 g/mol. The van der Waals surface area contributed by atoms with Gasteiger partial charge in [-0.3, -0.25) is 9.59 Å². The molecule has 1 unspecified atom stereocenters. The predicted molar refractivity (Wildman–Crippen MR) is 179 cm³/mol. The summed E-state index contributed by atoms with van der Waals surface area (Å²) in [5, 5.41) is 15.1. The molecular formula is C37H53N5O3. The number of carbonyl (C=O) groups excluding carboxylic acids is 2. The van der Waals surface area contributed by atoms with Gasteiger partial charge in [0.25, 0.3) is 5.91 Å². The van der Waals surface area contributed by atoms with E-state index in [1.807, 2.05) is 28.9 Å². The molecule has 1 aromatic heterocycles. The lowest BCUT2D eigenvalue weighted by molar-refractivity contribution is -0.128. The molecule has 1 heterocycles. The fraction of sp³-hybridized carbons (Fsp3) is 0.568. The van der Waals surface area contributed by atoms with Crippen LogP contribution in [0.25, 0.3) is 5.69 Å². The van der Waals surface area contributed by atoms with Gasteiger partial charge in [-0.15, -0.1) is 5.10 Å². The maximum absolute atomic E-state index is 12.8. The number of ether oxygens (including phenoxy) is 1. The average Bonchev–Trinajstić information content (AvgIpc) is 3.43. The summed E-state index contributed by atoms with van der Waals surface area (Å²) in [5.74, 6) is -0.212. The van der Waals surface area contributed by atoms with E-state index >= 15 is 0 Å². The highest BCUT2D eigenvalue weighted by Gasteiger charge is 2.26. The highest BCUT2D eigenvalue weighted by Crippen LogP contribution is 2.31. The van der Waals surface area contributed by atoms with Crippen molar-refractivity contribution in [3.63, 3.8) is 0 Å². The molecule has 0 aliphatic heterocycles. The van der Waals surface area contributed by atoms with E-state index < -0.39 is 0 Å². The SMILES string of the molecule is CCC(C)(C)CCNC(=O)c1ccc(-n2nnc3c2CCCCCC3OCC(=O)NCc2ccc(CC(C)(C)CC)cc2)cc1. The molecular weight excluding hydrogens is 562 g/mol. The van der Waals surface area contributed by atoms with Crippen LogP contribution in [0.4, 0.5) is 0 Å². The summed E-state index contributed by atoms with van der Waals surface area (Å²) in [7, 11) is 0. The van der Waals surface area contributed by atoms with Crippen LogP contribution < -0.4 is 10.6 Å². The van der Waals surface area contributed by atoms with E-state index in [4.69, 9.17) is 4.74 Å². The molecule has 0 saturated heterocycles. The maximum Gasteiger partial charge on any atom is 0.251 e. The second kappa shape index (κ2) is 15.7. The third kappa shape index (κ3) is 9.98. The molecule has 8 heteroatoms. The van der Waals surface area contributed by atoms with Crippen molar-refractivity contribution in [3.05, 3.63) is 76.6 Å². The molecule has 3 aromatic rings. The molecule has 2 N–H and O–H groups in total. The van der Waals surface area contributed by atoms with E-state index in [1.54, 1.807) is 0 Å². The Morgan fingerprint density at radius 2 is 1.58 bits per heavy atom. The first-order chi connectivity index (χ1) is 21.5. The van der Waals surface area contributed by atoms with Crippen LogP contribution in [0, 0.1) is 10.8 Å². The van der Waals surface area contributed by atoms with Gasteiger partial charge in [-0.1, -0.05) is 96.7 Å². The zero-order valence-electron chi connectivity index (χ0n) is 28.2. The third-order valence-corrected chi connectivity index (χ3v) is 9.46. The van der Waals surface area contributed by atoms with Crippen molar-refractivity contribution in [2.75, 3.05) is 13.2 Å². The number of hydrogen-bond acceptors (Lipinski definition) is 5. The van der Waals surface area contributed by atoms with Crippen LogP contribution in [0.2, 0.25) is 0 Å². The van der Waals surface area contributed by atoms with Gasteiger partial charge < -0.3 is 15.4 Å².